The Morgan fingerprint density at radius 3 is 2.62 bits per heavy atom. The number of hydrogen-bond donors (Lipinski definition) is 1. The highest BCUT2D eigenvalue weighted by Gasteiger charge is 2.33. The van der Waals surface area contributed by atoms with Crippen molar-refractivity contribution in [3.8, 4) is 0 Å². The minimum Gasteiger partial charge on any atom is -0.350 e. The van der Waals surface area contributed by atoms with Crippen LogP contribution in [0.2, 0.25) is 5.02 Å². The highest BCUT2D eigenvalue weighted by atomic mass is 35.5. The van der Waals surface area contributed by atoms with Crippen molar-refractivity contribution in [1.82, 2.24) is 15.2 Å². The van der Waals surface area contributed by atoms with E-state index >= 15 is 0 Å². The number of carbonyl (C=O) groups excluding carboxylic acids is 3. The molecule has 0 spiro atoms. The molecule has 7 nitrogen and oxygen atoms in total. The Balaban J connectivity index is 1.80. The molecule has 1 aromatic heterocycles. The maximum absolute atomic E-state index is 13.5. The van der Waals surface area contributed by atoms with Gasteiger partial charge in [0.1, 0.15) is 11.6 Å². The molecule has 0 unspecified atom stereocenters. The van der Waals surface area contributed by atoms with Gasteiger partial charge in [-0.1, -0.05) is 11.6 Å². The molecule has 1 saturated heterocycles. The molecule has 2 heterocycles. The molecule has 0 saturated carbocycles. The van der Waals surface area contributed by atoms with Gasteiger partial charge in [0.2, 0.25) is 0 Å². The molecule has 3 rings (SSSR count). The number of benzene rings is 1. The van der Waals surface area contributed by atoms with Gasteiger partial charge >= 0.3 is 6.03 Å². The van der Waals surface area contributed by atoms with Crippen LogP contribution in [0.5, 0.6) is 0 Å². The SMILES string of the molecule is CC(C)NC(=O)c1ccc(N2CCCN(C(=O)c3cc(F)ccc3Cl)C2=O)nc1. The molecule has 29 heavy (non-hydrogen) atoms. The summed E-state index contributed by atoms with van der Waals surface area (Å²) in [4.78, 5) is 44.2. The summed E-state index contributed by atoms with van der Waals surface area (Å²) >= 11 is 6.01. The summed E-state index contributed by atoms with van der Waals surface area (Å²) in [6.07, 6.45) is 1.90. The van der Waals surface area contributed by atoms with E-state index in [1.165, 1.54) is 17.2 Å². The van der Waals surface area contributed by atoms with E-state index in [2.05, 4.69) is 10.3 Å². The number of hydrogen-bond acceptors (Lipinski definition) is 4. The average molecular weight is 419 g/mol. The summed E-state index contributed by atoms with van der Waals surface area (Å²) in [5, 5.41) is 2.83. The average Bonchev–Trinajstić information content (AvgIpc) is 2.69. The number of rotatable bonds is 4. The molecular formula is C20H20ClFN4O3. The molecule has 9 heteroatoms. The van der Waals surface area contributed by atoms with Crippen LogP contribution in [0.15, 0.2) is 36.5 Å². The summed E-state index contributed by atoms with van der Waals surface area (Å²) in [6.45, 7) is 4.25. The van der Waals surface area contributed by atoms with Crippen LogP contribution in [-0.2, 0) is 0 Å². The minimum atomic E-state index is -0.669. The van der Waals surface area contributed by atoms with E-state index in [1.54, 1.807) is 12.1 Å². The van der Waals surface area contributed by atoms with E-state index in [1.807, 2.05) is 13.8 Å². The highest BCUT2D eigenvalue weighted by molar-refractivity contribution is 6.34. The zero-order valence-electron chi connectivity index (χ0n) is 16.0. The molecule has 0 aliphatic carbocycles. The number of carbonyl (C=O) groups is 3. The summed E-state index contributed by atoms with van der Waals surface area (Å²) < 4.78 is 13.5. The third-order valence-electron chi connectivity index (χ3n) is 4.34. The number of imide groups is 1. The van der Waals surface area contributed by atoms with Crippen LogP contribution < -0.4 is 10.2 Å². The molecule has 1 aliphatic rings. The first-order valence-corrected chi connectivity index (χ1v) is 9.51. The van der Waals surface area contributed by atoms with Crippen molar-refractivity contribution in [3.05, 3.63) is 58.5 Å². The van der Waals surface area contributed by atoms with Crippen LogP contribution >= 0.6 is 11.6 Å². The number of urea groups is 1. The highest BCUT2D eigenvalue weighted by Crippen LogP contribution is 2.23. The van der Waals surface area contributed by atoms with Crippen LogP contribution in [0.1, 0.15) is 41.0 Å². The molecule has 1 fully saturated rings. The summed E-state index contributed by atoms with van der Waals surface area (Å²) in [6, 6.07) is 5.96. The monoisotopic (exact) mass is 418 g/mol. The van der Waals surface area contributed by atoms with Gasteiger partial charge in [0.15, 0.2) is 0 Å². The zero-order chi connectivity index (χ0) is 21.1. The standard InChI is InChI=1S/C20H20ClFN4O3/c1-12(2)24-18(27)13-4-7-17(23-11-13)25-8-3-9-26(20(25)29)19(28)15-10-14(22)5-6-16(15)21/h4-7,10-12H,3,8-9H2,1-2H3,(H,24,27). The first-order chi connectivity index (χ1) is 13.8. The van der Waals surface area contributed by atoms with Gasteiger partial charge in [-0.3, -0.25) is 19.4 Å². The maximum Gasteiger partial charge on any atom is 0.332 e. The normalized spacial score (nSPS) is 14.3. The fraction of sp³-hybridized carbons (Fsp3) is 0.300. The Labute approximate surface area is 172 Å². The fourth-order valence-corrected chi connectivity index (χ4v) is 3.16. The largest absolute Gasteiger partial charge is 0.350 e. The Hall–Kier alpha value is -3.00. The number of pyridine rings is 1. The van der Waals surface area contributed by atoms with E-state index in [-0.39, 0.29) is 29.1 Å². The number of anilines is 1. The second-order valence-corrected chi connectivity index (χ2v) is 7.31. The van der Waals surface area contributed by atoms with Crippen LogP contribution in [-0.4, -0.2) is 46.9 Å². The Morgan fingerprint density at radius 1 is 1.21 bits per heavy atom. The molecule has 1 aliphatic heterocycles. The lowest BCUT2D eigenvalue weighted by Gasteiger charge is -2.33. The molecule has 2 aromatic rings. The van der Waals surface area contributed by atoms with Crippen molar-refractivity contribution in [1.29, 1.82) is 0 Å². The van der Waals surface area contributed by atoms with Crippen molar-refractivity contribution in [2.45, 2.75) is 26.3 Å². The van der Waals surface area contributed by atoms with Gasteiger partial charge in [-0.2, -0.15) is 0 Å². The molecule has 0 atom stereocenters. The third kappa shape index (κ3) is 4.54. The smallest absolute Gasteiger partial charge is 0.332 e. The number of amides is 4. The Kier molecular flexibility index (Phi) is 6.12. The minimum absolute atomic E-state index is 0.0138. The van der Waals surface area contributed by atoms with Crippen LogP contribution in [0.4, 0.5) is 15.0 Å². The fourth-order valence-electron chi connectivity index (χ4n) is 2.96. The lowest BCUT2D eigenvalue weighted by Crippen LogP contribution is -2.52. The summed E-state index contributed by atoms with van der Waals surface area (Å²) in [7, 11) is 0. The number of nitrogens with one attached hydrogen (secondary N) is 1. The van der Waals surface area contributed by atoms with E-state index in [0.29, 0.717) is 24.3 Å². The second kappa shape index (κ2) is 8.57. The van der Waals surface area contributed by atoms with Crippen molar-refractivity contribution in [2.24, 2.45) is 0 Å². The first kappa shape index (κ1) is 20.7. The number of aromatic nitrogens is 1. The quantitative estimate of drug-likeness (QED) is 0.824. The van der Waals surface area contributed by atoms with Crippen LogP contribution in [0.25, 0.3) is 0 Å². The zero-order valence-corrected chi connectivity index (χ0v) is 16.7. The molecule has 1 N–H and O–H groups in total. The van der Waals surface area contributed by atoms with Gasteiger partial charge in [-0.15, -0.1) is 0 Å². The van der Waals surface area contributed by atoms with Gasteiger partial charge in [0.25, 0.3) is 11.8 Å². The molecule has 4 amide bonds. The molecule has 0 radical (unpaired) electrons. The van der Waals surface area contributed by atoms with Gasteiger partial charge in [-0.05, 0) is 50.6 Å². The molecule has 0 bridgehead atoms. The van der Waals surface area contributed by atoms with Gasteiger partial charge in [0, 0.05) is 25.3 Å². The summed E-state index contributed by atoms with van der Waals surface area (Å²) in [5.41, 5.74) is 0.293. The lowest BCUT2D eigenvalue weighted by molar-refractivity contribution is 0.0792. The Bertz CT molecular complexity index is 949. The van der Waals surface area contributed by atoms with Gasteiger partial charge in [0.05, 0.1) is 16.1 Å². The molecule has 152 valence electrons. The third-order valence-corrected chi connectivity index (χ3v) is 4.67. The van der Waals surface area contributed by atoms with Crippen molar-refractivity contribution >= 4 is 35.3 Å². The Morgan fingerprint density at radius 2 is 1.97 bits per heavy atom. The van der Waals surface area contributed by atoms with Gasteiger partial charge in [-0.25, -0.2) is 14.2 Å². The summed E-state index contributed by atoms with van der Waals surface area (Å²) in [5.74, 6) is -1.23. The van der Waals surface area contributed by atoms with E-state index in [0.717, 1.165) is 17.0 Å². The van der Waals surface area contributed by atoms with E-state index in [9.17, 15) is 18.8 Å². The molecule has 1 aromatic carbocycles. The maximum atomic E-state index is 13.5. The number of nitrogens with zero attached hydrogens (tertiary/aromatic N) is 3. The van der Waals surface area contributed by atoms with Crippen LogP contribution in [0, 0.1) is 5.82 Å². The van der Waals surface area contributed by atoms with Crippen molar-refractivity contribution < 1.29 is 18.8 Å². The van der Waals surface area contributed by atoms with Crippen molar-refractivity contribution in [2.75, 3.05) is 18.0 Å². The number of halogens is 2. The lowest BCUT2D eigenvalue weighted by atomic mass is 10.1. The topological polar surface area (TPSA) is 82.6 Å². The van der Waals surface area contributed by atoms with Crippen LogP contribution in [0.3, 0.4) is 0 Å². The molecular weight excluding hydrogens is 399 g/mol. The second-order valence-electron chi connectivity index (χ2n) is 6.90. The van der Waals surface area contributed by atoms with E-state index in [4.69, 9.17) is 11.6 Å². The predicted molar refractivity (Wildman–Crippen MR) is 107 cm³/mol. The predicted octanol–water partition coefficient (Wildman–Crippen LogP) is 3.48. The first-order valence-electron chi connectivity index (χ1n) is 9.13. The van der Waals surface area contributed by atoms with Gasteiger partial charge < -0.3 is 5.32 Å². The van der Waals surface area contributed by atoms with Crippen molar-refractivity contribution in [3.63, 3.8) is 0 Å². The van der Waals surface area contributed by atoms with E-state index < -0.39 is 17.8 Å².